The van der Waals surface area contributed by atoms with E-state index in [9.17, 15) is 4.79 Å². The van der Waals surface area contributed by atoms with Crippen LogP contribution >= 0.6 is 11.8 Å². The highest BCUT2D eigenvalue weighted by Gasteiger charge is 2.22. The second-order valence-corrected chi connectivity index (χ2v) is 7.28. The molecule has 0 aromatic heterocycles. The van der Waals surface area contributed by atoms with Crippen LogP contribution in [0.2, 0.25) is 0 Å². The first-order valence-electron chi connectivity index (χ1n) is 8.22. The van der Waals surface area contributed by atoms with Crippen molar-refractivity contribution in [3.63, 3.8) is 0 Å². The molecule has 0 unspecified atom stereocenters. The molecule has 5 heteroatoms. The standard InChI is InChI=1S/C17H25N3OS/c21-17(14-5-7-18-8-6-14)19-16-4-2-1-3-15(16)13-20-9-11-22-12-10-20/h1-4,14,18H,5-13H2,(H,19,21). The number of para-hydroxylation sites is 1. The van der Waals surface area contributed by atoms with Crippen molar-refractivity contribution < 1.29 is 4.79 Å². The molecule has 1 amide bonds. The van der Waals surface area contributed by atoms with Gasteiger partial charge < -0.3 is 10.6 Å². The Balaban J connectivity index is 1.63. The number of thioether (sulfide) groups is 1. The number of carbonyl (C=O) groups excluding carboxylic acids is 1. The lowest BCUT2D eigenvalue weighted by molar-refractivity contribution is -0.120. The summed E-state index contributed by atoms with van der Waals surface area (Å²) >= 11 is 2.03. The first-order valence-corrected chi connectivity index (χ1v) is 9.38. The Kier molecular flexibility index (Phi) is 5.76. The summed E-state index contributed by atoms with van der Waals surface area (Å²) in [5.74, 6) is 2.76. The molecule has 0 bridgehead atoms. The topological polar surface area (TPSA) is 44.4 Å². The van der Waals surface area contributed by atoms with Gasteiger partial charge in [-0.05, 0) is 37.6 Å². The summed E-state index contributed by atoms with van der Waals surface area (Å²) in [5, 5.41) is 6.48. The number of nitrogens with one attached hydrogen (secondary N) is 2. The summed E-state index contributed by atoms with van der Waals surface area (Å²) in [6.07, 6.45) is 1.88. The zero-order valence-corrected chi connectivity index (χ0v) is 13.8. The summed E-state index contributed by atoms with van der Waals surface area (Å²) in [4.78, 5) is 14.9. The van der Waals surface area contributed by atoms with Crippen LogP contribution in [0.3, 0.4) is 0 Å². The molecule has 4 nitrogen and oxygen atoms in total. The first kappa shape index (κ1) is 15.8. The van der Waals surface area contributed by atoms with Crippen LogP contribution in [0.1, 0.15) is 18.4 Å². The molecule has 1 aromatic carbocycles. The smallest absolute Gasteiger partial charge is 0.227 e. The summed E-state index contributed by atoms with van der Waals surface area (Å²) in [6, 6.07) is 8.24. The average Bonchev–Trinajstić information content (AvgIpc) is 2.58. The quantitative estimate of drug-likeness (QED) is 0.893. The second-order valence-electron chi connectivity index (χ2n) is 6.06. The summed E-state index contributed by atoms with van der Waals surface area (Å²) < 4.78 is 0. The molecule has 3 rings (SSSR count). The lowest BCUT2D eigenvalue weighted by atomic mass is 9.97. The zero-order valence-electron chi connectivity index (χ0n) is 13.0. The normalized spacial score (nSPS) is 20.7. The van der Waals surface area contributed by atoms with Crippen molar-refractivity contribution in [3.8, 4) is 0 Å². The van der Waals surface area contributed by atoms with Crippen molar-refractivity contribution in [2.45, 2.75) is 19.4 Å². The third kappa shape index (κ3) is 4.24. The number of nitrogens with zero attached hydrogens (tertiary/aromatic N) is 1. The van der Waals surface area contributed by atoms with Gasteiger partial charge >= 0.3 is 0 Å². The Morgan fingerprint density at radius 3 is 2.73 bits per heavy atom. The van der Waals surface area contributed by atoms with E-state index in [0.717, 1.165) is 51.3 Å². The van der Waals surface area contributed by atoms with E-state index in [4.69, 9.17) is 0 Å². The van der Waals surface area contributed by atoms with Gasteiger partial charge in [0.2, 0.25) is 5.91 Å². The minimum Gasteiger partial charge on any atom is -0.326 e. The lowest BCUT2D eigenvalue weighted by Gasteiger charge is -2.27. The van der Waals surface area contributed by atoms with Gasteiger partial charge in [-0.3, -0.25) is 9.69 Å². The Bertz CT molecular complexity index is 496. The molecule has 0 atom stereocenters. The molecule has 2 fully saturated rings. The van der Waals surface area contributed by atoms with Crippen LogP contribution < -0.4 is 10.6 Å². The van der Waals surface area contributed by atoms with E-state index in [2.05, 4.69) is 27.7 Å². The molecule has 120 valence electrons. The molecule has 2 N–H and O–H groups in total. The van der Waals surface area contributed by atoms with Crippen LogP contribution in [0.15, 0.2) is 24.3 Å². The molecule has 0 spiro atoms. The fraction of sp³-hybridized carbons (Fsp3) is 0.588. The fourth-order valence-corrected chi connectivity index (χ4v) is 4.08. The van der Waals surface area contributed by atoms with Crippen LogP contribution in [-0.4, -0.2) is 48.5 Å². The number of amides is 1. The number of hydrogen-bond acceptors (Lipinski definition) is 4. The van der Waals surface area contributed by atoms with Gasteiger partial charge in [0.25, 0.3) is 0 Å². The molecule has 2 saturated heterocycles. The predicted octanol–water partition coefficient (Wildman–Crippen LogP) is 2.17. The Morgan fingerprint density at radius 2 is 1.95 bits per heavy atom. The van der Waals surface area contributed by atoms with E-state index in [-0.39, 0.29) is 11.8 Å². The molecule has 2 heterocycles. The highest BCUT2D eigenvalue weighted by atomic mass is 32.2. The summed E-state index contributed by atoms with van der Waals surface area (Å²) in [6.45, 7) is 5.11. The summed E-state index contributed by atoms with van der Waals surface area (Å²) in [7, 11) is 0. The second kappa shape index (κ2) is 7.99. The Morgan fingerprint density at radius 1 is 1.23 bits per heavy atom. The molecule has 0 aliphatic carbocycles. The molecule has 0 saturated carbocycles. The van der Waals surface area contributed by atoms with E-state index >= 15 is 0 Å². The van der Waals surface area contributed by atoms with Gasteiger partial charge in [0.05, 0.1) is 0 Å². The van der Waals surface area contributed by atoms with E-state index < -0.39 is 0 Å². The van der Waals surface area contributed by atoms with Crippen molar-refractivity contribution in [3.05, 3.63) is 29.8 Å². The van der Waals surface area contributed by atoms with E-state index in [1.807, 2.05) is 23.9 Å². The first-order chi connectivity index (χ1) is 10.8. The molecular formula is C17H25N3OS. The largest absolute Gasteiger partial charge is 0.326 e. The maximum Gasteiger partial charge on any atom is 0.227 e. The van der Waals surface area contributed by atoms with Crippen LogP contribution in [-0.2, 0) is 11.3 Å². The molecule has 2 aliphatic rings. The molecular weight excluding hydrogens is 294 g/mol. The molecule has 0 radical (unpaired) electrons. The minimum absolute atomic E-state index is 0.153. The number of rotatable bonds is 4. The number of anilines is 1. The summed E-state index contributed by atoms with van der Waals surface area (Å²) in [5.41, 5.74) is 2.22. The van der Waals surface area contributed by atoms with Crippen molar-refractivity contribution in [1.82, 2.24) is 10.2 Å². The number of benzene rings is 1. The molecule has 2 aliphatic heterocycles. The van der Waals surface area contributed by atoms with Crippen molar-refractivity contribution >= 4 is 23.4 Å². The predicted molar refractivity (Wildman–Crippen MR) is 93.3 cm³/mol. The Hall–Kier alpha value is -1.04. The lowest BCUT2D eigenvalue weighted by Crippen LogP contribution is -2.35. The third-order valence-electron chi connectivity index (χ3n) is 4.48. The van der Waals surface area contributed by atoms with Crippen molar-refractivity contribution in [1.29, 1.82) is 0 Å². The van der Waals surface area contributed by atoms with Crippen LogP contribution in [0.5, 0.6) is 0 Å². The van der Waals surface area contributed by atoms with E-state index in [1.54, 1.807) is 0 Å². The number of piperidine rings is 1. The average molecular weight is 319 g/mol. The van der Waals surface area contributed by atoms with Gasteiger partial charge in [-0.15, -0.1) is 0 Å². The highest BCUT2D eigenvalue weighted by molar-refractivity contribution is 7.99. The van der Waals surface area contributed by atoms with Crippen LogP contribution in [0.4, 0.5) is 5.69 Å². The number of hydrogen-bond donors (Lipinski definition) is 2. The van der Waals surface area contributed by atoms with Crippen LogP contribution in [0, 0.1) is 5.92 Å². The van der Waals surface area contributed by atoms with E-state index in [1.165, 1.54) is 17.1 Å². The van der Waals surface area contributed by atoms with Gasteiger partial charge in [0, 0.05) is 42.7 Å². The highest BCUT2D eigenvalue weighted by Crippen LogP contribution is 2.21. The zero-order chi connectivity index (χ0) is 15.2. The van der Waals surface area contributed by atoms with Gasteiger partial charge in [-0.2, -0.15) is 11.8 Å². The van der Waals surface area contributed by atoms with Gasteiger partial charge in [0.1, 0.15) is 0 Å². The molecule has 22 heavy (non-hydrogen) atoms. The van der Waals surface area contributed by atoms with Gasteiger partial charge in [-0.1, -0.05) is 18.2 Å². The van der Waals surface area contributed by atoms with Crippen molar-refractivity contribution in [2.24, 2.45) is 5.92 Å². The van der Waals surface area contributed by atoms with Crippen molar-refractivity contribution in [2.75, 3.05) is 43.0 Å². The number of carbonyl (C=O) groups is 1. The van der Waals surface area contributed by atoms with Gasteiger partial charge in [0.15, 0.2) is 0 Å². The minimum atomic E-state index is 0.153. The third-order valence-corrected chi connectivity index (χ3v) is 5.43. The van der Waals surface area contributed by atoms with Crippen LogP contribution in [0.25, 0.3) is 0 Å². The molecule has 1 aromatic rings. The Labute approximate surface area is 137 Å². The maximum atomic E-state index is 12.5. The SMILES string of the molecule is O=C(Nc1ccccc1CN1CCSCC1)C1CCNCC1. The van der Waals surface area contributed by atoms with E-state index in [0.29, 0.717) is 0 Å². The fourth-order valence-electron chi connectivity index (χ4n) is 3.10. The van der Waals surface area contributed by atoms with Gasteiger partial charge in [-0.25, -0.2) is 0 Å². The monoisotopic (exact) mass is 319 g/mol. The maximum absolute atomic E-state index is 12.5.